The molecule has 1 saturated heterocycles. The average molecular weight is 626 g/mol. The lowest BCUT2D eigenvalue weighted by atomic mass is 9.92. The highest BCUT2D eigenvalue weighted by Crippen LogP contribution is 2.39. The molecule has 1 aliphatic heterocycles. The van der Waals surface area contributed by atoms with Gasteiger partial charge in [0, 0.05) is 30.9 Å². The van der Waals surface area contributed by atoms with Crippen molar-refractivity contribution >= 4 is 35.3 Å². The Morgan fingerprint density at radius 1 is 0.889 bits per heavy atom. The number of Topliss-reactive ketones (excluding diaryl/α,β-unsaturated/α-hetero) is 1. The number of aromatic nitrogens is 2. The Kier molecular flexibility index (Phi) is 12.3. The van der Waals surface area contributed by atoms with Crippen molar-refractivity contribution in [2.24, 2.45) is 23.7 Å². The van der Waals surface area contributed by atoms with Gasteiger partial charge < -0.3 is 26.2 Å². The molecule has 0 saturated carbocycles. The third-order valence-corrected chi connectivity index (χ3v) is 8.56. The number of hydrogen-bond donors (Lipinski definition) is 4. The molecule has 4 N–H and O–H groups in total. The second-order valence-corrected chi connectivity index (χ2v) is 12.6. The van der Waals surface area contributed by atoms with Gasteiger partial charge in [-0.15, -0.1) is 0 Å². The lowest BCUT2D eigenvalue weighted by molar-refractivity contribution is -0.145. The molecular formula is C32H47N7O6. The third-order valence-electron chi connectivity index (χ3n) is 8.56. The molecule has 1 aliphatic carbocycles. The first-order chi connectivity index (χ1) is 21.3. The number of fused-ring (bicyclic) bond motifs is 1. The van der Waals surface area contributed by atoms with E-state index in [4.69, 9.17) is 0 Å². The number of amides is 5. The number of carbonyl (C=O) groups is 6. The fourth-order valence-corrected chi connectivity index (χ4v) is 5.69. The molecule has 7 atom stereocenters. The molecule has 13 nitrogen and oxygen atoms in total. The molecule has 1 aromatic rings. The Labute approximate surface area is 264 Å². The fourth-order valence-electron chi connectivity index (χ4n) is 5.69. The van der Waals surface area contributed by atoms with E-state index in [1.807, 2.05) is 19.1 Å². The summed E-state index contributed by atoms with van der Waals surface area (Å²) in [5, 5.41) is 10.9. The van der Waals surface area contributed by atoms with Crippen molar-refractivity contribution < 1.29 is 28.8 Å². The second-order valence-electron chi connectivity index (χ2n) is 12.6. The van der Waals surface area contributed by atoms with Crippen molar-refractivity contribution in [3.63, 3.8) is 0 Å². The van der Waals surface area contributed by atoms with Gasteiger partial charge in [-0.2, -0.15) is 0 Å². The first kappa shape index (κ1) is 35.3. The van der Waals surface area contributed by atoms with Crippen LogP contribution in [0.4, 0.5) is 0 Å². The molecule has 2 aliphatic rings. The highest BCUT2D eigenvalue weighted by atomic mass is 16.2. The van der Waals surface area contributed by atoms with Crippen molar-refractivity contribution in [3.8, 4) is 0 Å². The number of carbonyl (C=O) groups excluding carboxylic acids is 6. The van der Waals surface area contributed by atoms with Crippen LogP contribution >= 0.6 is 0 Å². The van der Waals surface area contributed by atoms with Crippen LogP contribution in [0.1, 0.15) is 78.2 Å². The molecule has 45 heavy (non-hydrogen) atoms. The SMILES string of the molecule is CCC(NC(=O)[C@@H]1[C@H]2CC=C[C@H]2CN1C(=O)[C@@H](NC(=O)[C@@H](NC(=O)c1cnccn1)C(C)C)C(C)C)C(=O)C(=O)N[C@@H](C)CC. The standard InChI is InChI=1S/C32H47N7O6/c1-8-19(7)35-31(44)27(40)22(9-2)36-30(43)26-21-12-10-11-20(21)16-39(26)32(45)25(18(5)6)38-29(42)24(17(3)4)37-28(41)23-15-33-13-14-34-23/h10-11,13-15,17-22,24-26H,8-9,12,16H2,1-7H3,(H,35,44)(H,36,43)(H,37,41)(H,38,42)/t19-,20-,21-,22?,24-,25-,26-/m0/s1. The van der Waals surface area contributed by atoms with E-state index in [-0.39, 0.29) is 48.4 Å². The first-order valence-corrected chi connectivity index (χ1v) is 15.8. The van der Waals surface area contributed by atoms with Crippen molar-refractivity contribution in [1.29, 1.82) is 0 Å². The molecule has 0 spiro atoms. The summed E-state index contributed by atoms with van der Waals surface area (Å²) >= 11 is 0. The van der Waals surface area contributed by atoms with Gasteiger partial charge in [-0.05, 0) is 43.9 Å². The van der Waals surface area contributed by atoms with Gasteiger partial charge in [0.05, 0.1) is 12.2 Å². The first-order valence-electron chi connectivity index (χ1n) is 15.8. The van der Waals surface area contributed by atoms with Crippen molar-refractivity contribution in [2.75, 3.05) is 6.54 Å². The highest BCUT2D eigenvalue weighted by Gasteiger charge is 2.50. The van der Waals surface area contributed by atoms with Crippen LogP contribution < -0.4 is 21.3 Å². The molecule has 1 fully saturated rings. The zero-order valence-electron chi connectivity index (χ0n) is 27.2. The highest BCUT2D eigenvalue weighted by molar-refractivity contribution is 6.38. The van der Waals surface area contributed by atoms with Crippen molar-refractivity contribution in [1.82, 2.24) is 36.1 Å². The number of rotatable bonds is 14. The monoisotopic (exact) mass is 625 g/mol. The summed E-state index contributed by atoms with van der Waals surface area (Å²) in [6.45, 7) is 12.8. The molecule has 0 radical (unpaired) electrons. The van der Waals surface area contributed by atoms with Gasteiger partial charge in [0.25, 0.3) is 11.8 Å². The normalized spacial score (nSPS) is 21.4. The van der Waals surface area contributed by atoms with Gasteiger partial charge in [-0.3, -0.25) is 33.8 Å². The summed E-state index contributed by atoms with van der Waals surface area (Å²) in [4.78, 5) is 89.0. The van der Waals surface area contributed by atoms with E-state index in [1.54, 1.807) is 41.5 Å². The summed E-state index contributed by atoms with van der Waals surface area (Å²) < 4.78 is 0. The Bertz CT molecular complexity index is 1280. The van der Waals surface area contributed by atoms with Crippen LogP contribution in [0.3, 0.4) is 0 Å². The van der Waals surface area contributed by atoms with Crippen LogP contribution in [0.5, 0.6) is 0 Å². The predicted molar refractivity (Wildman–Crippen MR) is 166 cm³/mol. The van der Waals surface area contributed by atoms with E-state index in [1.165, 1.54) is 23.5 Å². The number of nitrogens with zero attached hydrogens (tertiary/aromatic N) is 3. The van der Waals surface area contributed by atoms with Crippen LogP contribution in [-0.2, 0) is 24.0 Å². The molecule has 246 valence electrons. The number of hydrogen-bond acceptors (Lipinski definition) is 8. The van der Waals surface area contributed by atoms with E-state index >= 15 is 0 Å². The van der Waals surface area contributed by atoms with Gasteiger partial charge in [0.2, 0.25) is 23.5 Å². The number of allylic oxidation sites excluding steroid dienone is 1. The van der Waals surface area contributed by atoms with Crippen molar-refractivity contribution in [3.05, 3.63) is 36.4 Å². The maximum Gasteiger partial charge on any atom is 0.289 e. The minimum atomic E-state index is -1.04. The van der Waals surface area contributed by atoms with Crippen LogP contribution in [-0.4, -0.2) is 86.9 Å². The number of likely N-dealkylation sites (tertiary alicyclic amines) is 1. The van der Waals surface area contributed by atoms with E-state index in [9.17, 15) is 28.8 Å². The topological polar surface area (TPSA) is 180 Å². The summed E-state index contributed by atoms with van der Waals surface area (Å²) in [6.07, 6.45) is 9.50. The Hall–Kier alpha value is -4.16. The Morgan fingerprint density at radius 3 is 2.16 bits per heavy atom. The van der Waals surface area contributed by atoms with E-state index in [2.05, 4.69) is 31.2 Å². The lowest BCUT2D eigenvalue weighted by Crippen LogP contribution is -2.60. The second kappa shape index (κ2) is 15.7. The molecular weight excluding hydrogens is 578 g/mol. The smallest absolute Gasteiger partial charge is 0.289 e. The molecule has 2 heterocycles. The van der Waals surface area contributed by atoms with E-state index in [0.717, 1.165) is 0 Å². The minimum absolute atomic E-state index is 0.0548. The average Bonchev–Trinajstić information content (AvgIpc) is 3.62. The summed E-state index contributed by atoms with van der Waals surface area (Å²) in [5.74, 6) is -4.48. The Balaban J connectivity index is 1.79. The van der Waals surface area contributed by atoms with Gasteiger partial charge in [-0.1, -0.05) is 53.7 Å². The molecule has 1 aromatic heterocycles. The van der Waals surface area contributed by atoms with Gasteiger partial charge in [0.1, 0.15) is 23.8 Å². The maximum atomic E-state index is 14.1. The zero-order valence-corrected chi connectivity index (χ0v) is 27.2. The predicted octanol–water partition coefficient (Wildman–Crippen LogP) is 1.15. The molecule has 5 amide bonds. The molecule has 0 aromatic carbocycles. The summed E-state index contributed by atoms with van der Waals surface area (Å²) in [6, 6.07) is -4.09. The van der Waals surface area contributed by atoms with E-state index in [0.29, 0.717) is 12.8 Å². The molecule has 13 heteroatoms. The van der Waals surface area contributed by atoms with Crippen LogP contribution in [0, 0.1) is 23.7 Å². The molecule has 3 rings (SSSR count). The Morgan fingerprint density at radius 2 is 1.58 bits per heavy atom. The van der Waals surface area contributed by atoms with Crippen LogP contribution in [0.25, 0.3) is 0 Å². The zero-order chi connectivity index (χ0) is 33.4. The summed E-state index contributed by atoms with van der Waals surface area (Å²) in [7, 11) is 0. The minimum Gasteiger partial charge on any atom is -0.347 e. The molecule has 0 bridgehead atoms. The quantitative estimate of drug-likeness (QED) is 0.176. The van der Waals surface area contributed by atoms with Crippen LogP contribution in [0.15, 0.2) is 30.7 Å². The number of nitrogens with one attached hydrogen (secondary N) is 4. The maximum absolute atomic E-state index is 14.1. The van der Waals surface area contributed by atoms with Crippen molar-refractivity contribution in [2.45, 2.75) is 97.9 Å². The molecule has 1 unspecified atom stereocenters. The van der Waals surface area contributed by atoms with E-state index < -0.39 is 59.5 Å². The number of ketones is 1. The van der Waals surface area contributed by atoms with Gasteiger partial charge >= 0.3 is 0 Å². The van der Waals surface area contributed by atoms with Gasteiger partial charge in [-0.25, -0.2) is 4.98 Å². The lowest BCUT2D eigenvalue weighted by Gasteiger charge is -2.33. The largest absolute Gasteiger partial charge is 0.347 e. The third kappa shape index (κ3) is 8.52. The summed E-state index contributed by atoms with van der Waals surface area (Å²) in [5.41, 5.74) is 0.0548. The fraction of sp³-hybridized carbons (Fsp3) is 0.625. The van der Waals surface area contributed by atoms with Gasteiger partial charge in [0.15, 0.2) is 0 Å². The van der Waals surface area contributed by atoms with Crippen LogP contribution in [0.2, 0.25) is 0 Å².